The summed E-state index contributed by atoms with van der Waals surface area (Å²) in [5, 5.41) is 10.6. The lowest BCUT2D eigenvalue weighted by molar-refractivity contribution is 0.252. The molecule has 0 bridgehead atoms. The van der Waals surface area contributed by atoms with Crippen LogP contribution in [0.5, 0.6) is 0 Å². The minimum atomic E-state index is -0.255. The molecule has 0 atom stereocenters. The van der Waals surface area contributed by atoms with Gasteiger partial charge in [-0.05, 0) is 35.7 Å². The van der Waals surface area contributed by atoms with Gasteiger partial charge in [-0.1, -0.05) is 66.2 Å². The van der Waals surface area contributed by atoms with E-state index in [4.69, 9.17) is 0 Å². The van der Waals surface area contributed by atoms with Crippen molar-refractivity contribution in [2.75, 3.05) is 5.32 Å². The zero-order chi connectivity index (χ0) is 19.5. The second kappa shape index (κ2) is 7.82. The first kappa shape index (κ1) is 18.2. The summed E-state index contributed by atoms with van der Waals surface area (Å²) >= 11 is 1.43. The van der Waals surface area contributed by atoms with Crippen LogP contribution in [0.15, 0.2) is 66.0 Å². The molecule has 5 heteroatoms. The number of thiazole rings is 1. The molecule has 2 amide bonds. The van der Waals surface area contributed by atoms with Gasteiger partial charge in [0.25, 0.3) is 0 Å². The van der Waals surface area contributed by atoms with Gasteiger partial charge in [-0.3, -0.25) is 5.32 Å². The van der Waals surface area contributed by atoms with Crippen LogP contribution in [-0.2, 0) is 6.54 Å². The number of amides is 2. The fourth-order valence-corrected chi connectivity index (χ4v) is 4.02. The Hall–Kier alpha value is -3.18. The molecular weight excluding hydrogens is 366 g/mol. The Balaban J connectivity index is 1.42. The van der Waals surface area contributed by atoms with Crippen LogP contribution in [0.2, 0.25) is 0 Å². The average molecular weight is 388 g/mol. The second-order valence-corrected chi connectivity index (χ2v) is 7.66. The second-order valence-electron chi connectivity index (χ2n) is 6.80. The van der Waals surface area contributed by atoms with E-state index in [0.29, 0.717) is 11.7 Å². The van der Waals surface area contributed by atoms with Gasteiger partial charge in [0.2, 0.25) is 0 Å². The Morgan fingerprint density at radius 1 is 1.04 bits per heavy atom. The highest BCUT2D eigenvalue weighted by Crippen LogP contribution is 2.28. The topological polar surface area (TPSA) is 54.0 Å². The van der Waals surface area contributed by atoms with E-state index >= 15 is 0 Å². The van der Waals surface area contributed by atoms with Crippen LogP contribution in [0, 0.1) is 13.8 Å². The van der Waals surface area contributed by atoms with Crippen molar-refractivity contribution >= 4 is 33.3 Å². The number of carbonyl (C=O) groups is 1. The molecule has 4 nitrogen and oxygen atoms in total. The maximum atomic E-state index is 12.3. The third-order valence-electron chi connectivity index (χ3n) is 4.70. The quantitative estimate of drug-likeness (QED) is 0.458. The molecule has 0 spiro atoms. The summed E-state index contributed by atoms with van der Waals surface area (Å²) in [6.45, 7) is 4.61. The van der Waals surface area contributed by atoms with Crippen molar-refractivity contribution in [1.82, 2.24) is 10.3 Å². The van der Waals surface area contributed by atoms with E-state index in [9.17, 15) is 4.79 Å². The first-order valence-corrected chi connectivity index (χ1v) is 10.0. The number of aromatic nitrogens is 1. The Kier molecular flexibility index (Phi) is 5.08. The molecular formula is C23H21N3OS. The van der Waals surface area contributed by atoms with Crippen LogP contribution in [0.3, 0.4) is 0 Å². The summed E-state index contributed by atoms with van der Waals surface area (Å²) in [5.41, 5.74) is 5.46. The van der Waals surface area contributed by atoms with Gasteiger partial charge in [0.1, 0.15) is 0 Å². The van der Waals surface area contributed by atoms with E-state index in [1.807, 2.05) is 29.6 Å². The molecule has 0 aliphatic heterocycles. The van der Waals surface area contributed by atoms with E-state index < -0.39 is 0 Å². The van der Waals surface area contributed by atoms with Crippen molar-refractivity contribution in [1.29, 1.82) is 0 Å². The highest BCUT2D eigenvalue weighted by atomic mass is 32.1. The van der Waals surface area contributed by atoms with Gasteiger partial charge < -0.3 is 5.32 Å². The predicted octanol–water partition coefficient (Wildman–Crippen LogP) is 5.90. The van der Waals surface area contributed by atoms with Gasteiger partial charge in [-0.15, -0.1) is 11.3 Å². The maximum Gasteiger partial charge on any atom is 0.321 e. The normalized spacial score (nSPS) is 10.8. The molecule has 1 aromatic heterocycles. The first-order valence-electron chi connectivity index (χ1n) is 9.15. The first-order chi connectivity index (χ1) is 13.6. The summed E-state index contributed by atoms with van der Waals surface area (Å²) in [7, 11) is 0. The molecule has 0 fully saturated rings. The smallest absolute Gasteiger partial charge is 0.321 e. The Labute approximate surface area is 168 Å². The van der Waals surface area contributed by atoms with Gasteiger partial charge in [0, 0.05) is 17.5 Å². The number of nitrogens with one attached hydrogen (secondary N) is 2. The fraction of sp³-hybridized carbons (Fsp3) is 0.130. The molecule has 0 unspecified atom stereocenters. The third kappa shape index (κ3) is 3.89. The van der Waals surface area contributed by atoms with Crippen LogP contribution in [0.25, 0.3) is 22.0 Å². The molecule has 1 heterocycles. The van der Waals surface area contributed by atoms with E-state index in [-0.39, 0.29) is 6.03 Å². The van der Waals surface area contributed by atoms with E-state index in [1.54, 1.807) is 0 Å². The minimum absolute atomic E-state index is 0.255. The SMILES string of the molecule is Cc1ccc(-c2csc(NC(=O)NCc3cccc4ccccc34)n2)c(C)c1. The molecule has 0 saturated heterocycles. The standard InChI is InChI=1S/C23H21N3OS/c1-15-10-11-19(16(2)12-15)21-14-28-23(25-21)26-22(27)24-13-18-8-5-7-17-6-3-4-9-20(17)18/h3-12,14H,13H2,1-2H3,(H2,24,25,26,27). The predicted molar refractivity (Wildman–Crippen MR) is 117 cm³/mol. The lowest BCUT2D eigenvalue weighted by Gasteiger charge is -2.08. The number of benzene rings is 3. The lowest BCUT2D eigenvalue weighted by Crippen LogP contribution is -2.28. The highest BCUT2D eigenvalue weighted by Gasteiger charge is 2.10. The van der Waals surface area contributed by atoms with Crippen molar-refractivity contribution in [3.63, 3.8) is 0 Å². The monoisotopic (exact) mass is 387 g/mol. The highest BCUT2D eigenvalue weighted by molar-refractivity contribution is 7.14. The number of hydrogen-bond donors (Lipinski definition) is 2. The van der Waals surface area contributed by atoms with Crippen molar-refractivity contribution < 1.29 is 4.79 Å². The van der Waals surface area contributed by atoms with Crippen molar-refractivity contribution in [2.45, 2.75) is 20.4 Å². The number of rotatable bonds is 4. The molecule has 2 N–H and O–H groups in total. The van der Waals surface area contributed by atoms with Gasteiger partial charge >= 0.3 is 6.03 Å². The molecule has 0 radical (unpaired) electrons. The molecule has 28 heavy (non-hydrogen) atoms. The van der Waals surface area contributed by atoms with E-state index in [0.717, 1.165) is 22.2 Å². The summed E-state index contributed by atoms with van der Waals surface area (Å²) in [6.07, 6.45) is 0. The van der Waals surface area contributed by atoms with Gasteiger partial charge in [0.15, 0.2) is 5.13 Å². The largest absolute Gasteiger partial charge is 0.334 e. The number of carbonyl (C=O) groups excluding carboxylic acids is 1. The van der Waals surface area contributed by atoms with Gasteiger partial charge in [-0.25, -0.2) is 9.78 Å². The summed E-state index contributed by atoms with van der Waals surface area (Å²) in [6, 6.07) is 20.3. The minimum Gasteiger partial charge on any atom is -0.334 e. The lowest BCUT2D eigenvalue weighted by atomic mass is 10.0. The van der Waals surface area contributed by atoms with Crippen molar-refractivity contribution in [3.05, 3.63) is 82.7 Å². The number of urea groups is 1. The summed E-state index contributed by atoms with van der Waals surface area (Å²) in [4.78, 5) is 16.9. The van der Waals surface area contributed by atoms with Crippen molar-refractivity contribution in [2.24, 2.45) is 0 Å². The number of anilines is 1. The third-order valence-corrected chi connectivity index (χ3v) is 5.46. The van der Waals surface area contributed by atoms with Crippen LogP contribution in [-0.4, -0.2) is 11.0 Å². The Morgan fingerprint density at radius 2 is 1.86 bits per heavy atom. The number of nitrogens with zero attached hydrogens (tertiary/aromatic N) is 1. The molecule has 0 aliphatic rings. The van der Waals surface area contributed by atoms with Gasteiger partial charge in [0.05, 0.1) is 5.69 Å². The Morgan fingerprint density at radius 3 is 2.71 bits per heavy atom. The zero-order valence-corrected chi connectivity index (χ0v) is 16.6. The molecule has 140 valence electrons. The number of hydrogen-bond acceptors (Lipinski definition) is 3. The summed E-state index contributed by atoms with van der Waals surface area (Å²) in [5.74, 6) is 0. The van der Waals surface area contributed by atoms with Crippen LogP contribution in [0.1, 0.15) is 16.7 Å². The molecule has 3 aromatic carbocycles. The van der Waals surface area contributed by atoms with Crippen LogP contribution in [0.4, 0.5) is 9.93 Å². The average Bonchev–Trinajstić information content (AvgIpc) is 3.14. The fourth-order valence-electron chi connectivity index (χ4n) is 3.32. The number of fused-ring (bicyclic) bond motifs is 1. The van der Waals surface area contributed by atoms with Gasteiger partial charge in [-0.2, -0.15) is 0 Å². The van der Waals surface area contributed by atoms with E-state index in [1.165, 1.54) is 27.8 Å². The Bertz CT molecular complexity index is 1140. The molecule has 0 saturated carbocycles. The van der Waals surface area contributed by atoms with Crippen LogP contribution >= 0.6 is 11.3 Å². The maximum absolute atomic E-state index is 12.3. The molecule has 4 rings (SSSR count). The van der Waals surface area contributed by atoms with Crippen LogP contribution < -0.4 is 10.6 Å². The zero-order valence-electron chi connectivity index (χ0n) is 15.8. The molecule has 0 aliphatic carbocycles. The molecule has 4 aromatic rings. The summed E-state index contributed by atoms with van der Waals surface area (Å²) < 4.78 is 0. The number of aryl methyl sites for hydroxylation is 2. The van der Waals surface area contributed by atoms with E-state index in [2.05, 4.69) is 65.9 Å². The van der Waals surface area contributed by atoms with Crippen molar-refractivity contribution in [3.8, 4) is 11.3 Å².